The Hall–Kier alpha value is -3.59. The van der Waals surface area contributed by atoms with E-state index in [9.17, 15) is 28.8 Å². The van der Waals surface area contributed by atoms with Gasteiger partial charge in [-0.05, 0) is 80.0 Å². The molecule has 0 unspecified atom stereocenters. The van der Waals surface area contributed by atoms with E-state index in [0.717, 1.165) is 17.7 Å². The zero-order valence-electron chi connectivity index (χ0n) is 22.9. The fourth-order valence-corrected chi connectivity index (χ4v) is 8.45. The fraction of sp³-hybridized carbons (Fsp3) is 0.500. The molecule has 218 valence electrons. The summed E-state index contributed by atoms with van der Waals surface area (Å²) in [5.41, 5.74) is 0.322. The van der Waals surface area contributed by atoms with Crippen LogP contribution in [-0.2, 0) is 28.7 Å². The number of likely N-dealkylation sites (tertiary alicyclic amines) is 2. The topological polar surface area (TPSA) is 118 Å². The minimum atomic E-state index is -1.18. The molecule has 0 aromatic heterocycles. The van der Waals surface area contributed by atoms with E-state index in [1.807, 2.05) is 12.2 Å². The molecule has 0 spiro atoms. The van der Waals surface area contributed by atoms with Crippen molar-refractivity contribution in [3.8, 4) is 0 Å². The van der Waals surface area contributed by atoms with Crippen LogP contribution in [0.4, 0.5) is 0 Å². The number of carbonyl (C=O) groups excluding carboxylic acids is 6. The van der Waals surface area contributed by atoms with Crippen LogP contribution >= 0.6 is 11.6 Å². The van der Waals surface area contributed by atoms with Crippen molar-refractivity contribution in [1.82, 2.24) is 9.80 Å². The van der Waals surface area contributed by atoms with E-state index in [1.165, 1.54) is 17.0 Å². The van der Waals surface area contributed by atoms with Crippen molar-refractivity contribution in [2.24, 2.45) is 47.3 Å². The number of ether oxygens (including phenoxy) is 1. The summed E-state index contributed by atoms with van der Waals surface area (Å²) in [6.07, 6.45) is 10.6. The number of Topliss-reactive ketones (excluding diaryl/α,β-unsaturated/α-hetero) is 1. The maximum absolute atomic E-state index is 13.5. The van der Waals surface area contributed by atoms with Gasteiger partial charge in [-0.3, -0.25) is 33.8 Å². The predicted molar refractivity (Wildman–Crippen MR) is 148 cm³/mol. The molecule has 1 aromatic carbocycles. The Morgan fingerprint density at radius 1 is 0.762 bits per heavy atom. The molecule has 0 radical (unpaired) electrons. The summed E-state index contributed by atoms with van der Waals surface area (Å²) < 4.78 is 5.39. The van der Waals surface area contributed by atoms with Crippen LogP contribution in [-0.4, -0.2) is 64.4 Å². The second kappa shape index (κ2) is 10.3. The lowest BCUT2D eigenvalue weighted by Crippen LogP contribution is -2.47. The van der Waals surface area contributed by atoms with E-state index in [-0.39, 0.29) is 72.1 Å². The molecule has 9 nitrogen and oxygen atoms in total. The van der Waals surface area contributed by atoms with Crippen LogP contribution in [0.3, 0.4) is 0 Å². The van der Waals surface area contributed by atoms with Gasteiger partial charge in [0.25, 0.3) is 0 Å². The molecule has 4 fully saturated rings. The van der Waals surface area contributed by atoms with Crippen LogP contribution in [0.5, 0.6) is 0 Å². The molecule has 2 aliphatic heterocycles. The molecule has 1 aromatic rings. The highest BCUT2D eigenvalue weighted by molar-refractivity contribution is 6.30. The largest absolute Gasteiger partial charge is 0.456 e. The summed E-state index contributed by atoms with van der Waals surface area (Å²) in [6, 6.07) is 5.00. The Kier molecular flexibility index (Phi) is 6.68. The van der Waals surface area contributed by atoms with Gasteiger partial charge in [0.1, 0.15) is 6.04 Å². The van der Waals surface area contributed by atoms with Gasteiger partial charge in [0.05, 0.1) is 23.7 Å². The highest BCUT2D eigenvalue weighted by atomic mass is 35.5. The van der Waals surface area contributed by atoms with Crippen molar-refractivity contribution in [3.63, 3.8) is 0 Å². The molecule has 42 heavy (non-hydrogen) atoms. The smallest absolute Gasteiger partial charge is 0.329 e. The molecule has 2 saturated carbocycles. The summed E-state index contributed by atoms with van der Waals surface area (Å²) in [6.45, 7) is -0.315. The lowest BCUT2D eigenvalue weighted by molar-refractivity contribution is -0.159. The van der Waals surface area contributed by atoms with Crippen molar-refractivity contribution >= 4 is 47.0 Å². The second-order valence-electron chi connectivity index (χ2n) is 12.4. The number of hydrogen-bond acceptors (Lipinski definition) is 7. The second-order valence-corrected chi connectivity index (χ2v) is 12.9. The number of imide groups is 2. The number of fused-ring (bicyclic) bond motifs is 10. The van der Waals surface area contributed by atoms with E-state index >= 15 is 0 Å². The normalized spacial score (nSPS) is 34.1. The molecule has 10 heteroatoms. The summed E-state index contributed by atoms with van der Waals surface area (Å²) in [7, 11) is 0. The first-order chi connectivity index (χ1) is 20.2. The van der Waals surface area contributed by atoms with Crippen LogP contribution in [0.2, 0.25) is 5.02 Å². The van der Waals surface area contributed by atoms with Gasteiger partial charge in [0.15, 0.2) is 12.4 Å². The first kappa shape index (κ1) is 27.3. The molecule has 0 N–H and O–H groups in total. The summed E-state index contributed by atoms with van der Waals surface area (Å²) in [4.78, 5) is 81.5. The third-order valence-corrected chi connectivity index (χ3v) is 10.5. The van der Waals surface area contributed by atoms with Gasteiger partial charge in [0, 0.05) is 17.1 Å². The molecule has 4 amide bonds. The first-order valence-electron chi connectivity index (χ1n) is 14.8. The number of hydrogen-bond donors (Lipinski definition) is 0. The quantitative estimate of drug-likeness (QED) is 0.135. The number of nitrogens with zero attached hydrogens (tertiary/aromatic N) is 2. The average Bonchev–Trinajstić information content (AvgIpc) is 3.83. The molecule has 4 bridgehead atoms. The van der Waals surface area contributed by atoms with E-state index in [4.69, 9.17) is 16.3 Å². The Morgan fingerprint density at radius 3 is 1.79 bits per heavy atom. The summed E-state index contributed by atoms with van der Waals surface area (Å²) >= 11 is 5.89. The lowest BCUT2D eigenvalue weighted by Gasteiger charge is -2.26. The molecule has 2 saturated heterocycles. The minimum Gasteiger partial charge on any atom is -0.456 e. The molecule has 6 aliphatic rings. The molecular formula is C32H31ClN2O7. The van der Waals surface area contributed by atoms with E-state index in [2.05, 4.69) is 12.2 Å². The molecule has 9 atom stereocenters. The van der Waals surface area contributed by atoms with Crippen LogP contribution in [0.25, 0.3) is 0 Å². The highest BCUT2D eigenvalue weighted by Gasteiger charge is 2.61. The highest BCUT2D eigenvalue weighted by Crippen LogP contribution is 2.54. The molecule has 2 heterocycles. The van der Waals surface area contributed by atoms with Gasteiger partial charge in [-0.15, -0.1) is 0 Å². The number of ketones is 1. The summed E-state index contributed by atoms with van der Waals surface area (Å²) in [5, 5.41) is 0.466. The molecule has 7 rings (SSSR count). The number of esters is 1. The lowest BCUT2D eigenvalue weighted by atomic mass is 9.85. The fourth-order valence-electron chi connectivity index (χ4n) is 8.33. The molecule has 4 aliphatic carbocycles. The van der Waals surface area contributed by atoms with Gasteiger partial charge in [0.2, 0.25) is 23.6 Å². The first-order valence-corrected chi connectivity index (χ1v) is 15.2. The Morgan fingerprint density at radius 2 is 1.26 bits per heavy atom. The van der Waals surface area contributed by atoms with E-state index in [0.29, 0.717) is 23.4 Å². The minimum absolute atomic E-state index is 0.0129. The van der Waals surface area contributed by atoms with Crippen LogP contribution in [0.1, 0.15) is 42.5 Å². The van der Waals surface area contributed by atoms with Crippen LogP contribution < -0.4 is 0 Å². The number of carbonyl (C=O) groups is 6. The van der Waals surface area contributed by atoms with Crippen molar-refractivity contribution in [2.45, 2.75) is 38.1 Å². The SMILES string of the molecule is O=C(COC(=O)[C@H](CCCCN1C(=O)[C@@H]2[C@H](C1=O)[C@H]1C=C[C@H]2C1)N1C(=O)[C@H]2[C@H](C1=O)[C@H]1C=C[C@H]2C1)c1ccc(Cl)cc1. The van der Waals surface area contributed by atoms with Crippen molar-refractivity contribution in [3.05, 3.63) is 59.2 Å². The zero-order valence-corrected chi connectivity index (χ0v) is 23.7. The van der Waals surface area contributed by atoms with Gasteiger partial charge >= 0.3 is 5.97 Å². The van der Waals surface area contributed by atoms with Gasteiger partial charge in [-0.2, -0.15) is 0 Å². The summed E-state index contributed by atoms with van der Waals surface area (Å²) in [5.74, 6) is -3.47. The average molecular weight is 591 g/mol. The Balaban J connectivity index is 1.02. The maximum Gasteiger partial charge on any atom is 0.329 e. The number of unbranched alkanes of at least 4 members (excludes halogenated alkanes) is 1. The predicted octanol–water partition coefficient (Wildman–Crippen LogP) is 3.22. The van der Waals surface area contributed by atoms with Crippen molar-refractivity contribution in [1.29, 1.82) is 0 Å². The maximum atomic E-state index is 13.5. The standard InChI is InChI=1S/C32H31ClN2O7/c33-21-10-8-16(9-11-21)23(36)15-42-32(41)22(35-30(39)26-19-6-7-20(14-19)27(26)31(35)40)3-1-2-12-34-28(37)24-17-4-5-18(13-17)25(24)29(34)38/h4-11,17-20,22,24-27H,1-3,12-15H2/t17-,18-,19-,20-,22-,24-,25+,26+,27+/m0/s1. The Labute approximate surface area is 247 Å². The van der Waals surface area contributed by atoms with Crippen molar-refractivity contribution < 1.29 is 33.5 Å². The monoisotopic (exact) mass is 590 g/mol. The number of benzene rings is 1. The number of amides is 4. The molecular weight excluding hydrogens is 560 g/mol. The van der Waals surface area contributed by atoms with Gasteiger partial charge in [-0.25, -0.2) is 4.79 Å². The number of rotatable bonds is 10. The van der Waals surface area contributed by atoms with Gasteiger partial charge < -0.3 is 4.74 Å². The van der Waals surface area contributed by atoms with Crippen LogP contribution in [0, 0.1) is 47.3 Å². The third kappa shape index (κ3) is 4.19. The zero-order chi connectivity index (χ0) is 29.3. The number of halogens is 1. The van der Waals surface area contributed by atoms with Crippen molar-refractivity contribution in [2.75, 3.05) is 13.2 Å². The van der Waals surface area contributed by atoms with Gasteiger partial charge in [-0.1, -0.05) is 35.9 Å². The third-order valence-electron chi connectivity index (χ3n) is 10.3. The van der Waals surface area contributed by atoms with Crippen LogP contribution in [0.15, 0.2) is 48.6 Å². The van der Waals surface area contributed by atoms with E-state index in [1.54, 1.807) is 12.1 Å². The Bertz CT molecular complexity index is 1390. The number of allylic oxidation sites excluding steroid dienone is 4. The van der Waals surface area contributed by atoms with E-state index < -0.39 is 36.2 Å².